The fourth-order valence-corrected chi connectivity index (χ4v) is 3.74. The third kappa shape index (κ3) is 3.05. The van der Waals surface area contributed by atoms with Crippen molar-refractivity contribution in [3.63, 3.8) is 0 Å². The maximum Gasteiger partial charge on any atom is 0.171 e. The number of halogens is 1. The SMILES string of the molecule is CN1CCc2cc(O)c(O)c(Sc3ccc(F)cc3)c2CC1. The van der Waals surface area contributed by atoms with Gasteiger partial charge in [0, 0.05) is 18.0 Å². The highest BCUT2D eigenvalue weighted by Gasteiger charge is 2.21. The summed E-state index contributed by atoms with van der Waals surface area (Å²) in [5.74, 6) is -0.463. The van der Waals surface area contributed by atoms with Gasteiger partial charge in [0.15, 0.2) is 11.5 Å². The molecular weight excluding hydrogens is 301 g/mol. The van der Waals surface area contributed by atoms with Gasteiger partial charge < -0.3 is 15.1 Å². The summed E-state index contributed by atoms with van der Waals surface area (Å²) in [6.07, 6.45) is 1.67. The molecule has 22 heavy (non-hydrogen) atoms. The summed E-state index contributed by atoms with van der Waals surface area (Å²) in [6, 6.07) is 7.82. The largest absolute Gasteiger partial charge is 0.504 e. The van der Waals surface area contributed by atoms with Gasteiger partial charge in [0.25, 0.3) is 0 Å². The molecule has 2 aromatic rings. The Hall–Kier alpha value is -1.72. The first-order valence-electron chi connectivity index (χ1n) is 7.23. The fraction of sp³-hybridized carbons (Fsp3) is 0.294. The lowest BCUT2D eigenvalue weighted by Crippen LogP contribution is -2.20. The van der Waals surface area contributed by atoms with Crippen molar-refractivity contribution in [2.45, 2.75) is 22.6 Å². The van der Waals surface area contributed by atoms with Gasteiger partial charge in [-0.05, 0) is 61.3 Å². The smallest absolute Gasteiger partial charge is 0.171 e. The van der Waals surface area contributed by atoms with Gasteiger partial charge in [0.1, 0.15) is 5.82 Å². The molecule has 5 heteroatoms. The summed E-state index contributed by atoms with van der Waals surface area (Å²) in [5.41, 5.74) is 2.15. The number of hydrogen-bond acceptors (Lipinski definition) is 4. The molecule has 3 rings (SSSR count). The monoisotopic (exact) mass is 319 g/mol. The molecule has 2 aromatic carbocycles. The minimum absolute atomic E-state index is 0.0855. The number of phenolic OH excluding ortho intramolecular Hbond substituents is 2. The van der Waals surface area contributed by atoms with E-state index in [2.05, 4.69) is 11.9 Å². The van der Waals surface area contributed by atoms with Crippen LogP contribution in [0.25, 0.3) is 0 Å². The van der Waals surface area contributed by atoms with E-state index in [0.29, 0.717) is 4.90 Å². The molecule has 0 fully saturated rings. The van der Waals surface area contributed by atoms with Crippen molar-refractivity contribution in [2.75, 3.05) is 20.1 Å². The van der Waals surface area contributed by atoms with Crippen LogP contribution >= 0.6 is 11.8 Å². The van der Waals surface area contributed by atoms with Crippen molar-refractivity contribution < 1.29 is 14.6 Å². The molecule has 2 N–H and O–H groups in total. The van der Waals surface area contributed by atoms with Crippen LogP contribution in [-0.4, -0.2) is 35.3 Å². The van der Waals surface area contributed by atoms with E-state index in [1.165, 1.54) is 23.9 Å². The second kappa shape index (κ2) is 6.18. The molecular formula is C17H18FNO2S. The molecule has 0 bridgehead atoms. The Kier molecular flexibility index (Phi) is 4.27. The second-order valence-electron chi connectivity index (χ2n) is 5.57. The number of phenols is 2. The standard InChI is InChI=1S/C17H18FNO2S/c1-19-8-6-11-10-15(20)16(21)17(14(11)7-9-19)22-13-4-2-12(18)3-5-13/h2-5,10,20-21H,6-9H2,1H3. The van der Waals surface area contributed by atoms with Crippen molar-refractivity contribution in [1.29, 1.82) is 0 Å². The first-order valence-corrected chi connectivity index (χ1v) is 8.05. The molecule has 1 aliphatic rings. The van der Waals surface area contributed by atoms with Crippen molar-refractivity contribution in [3.8, 4) is 11.5 Å². The average molecular weight is 319 g/mol. The van der Waals surface area contributed by atoms with Gasteiger partial charge >= 0.3 is 0 Å². The van der Waals surface area contributed by atoms with Crippen LogP contribution in [0.5, 0.6) is 11.5 Å². The topological polar surface area (TPSA) is 43.7 Å². The van der Waals surface area contributed by atoms with E-state index in [1.807, 2.05) is 0 Å². The Morgan fingerprint density at radius 2 is 1.77 bits per heavy atom. The van der Waals surface area contributed by atoms with Gasteiger partial charge in [-0.15, -0.1) is 0 Å². The Balaban J connectivity index is 2.02. The number of aromatic hydroxyl groups is 2. The molecule has 1 heterocycles. The normalized spacial score (nSPS) is 15.4. The van der Waals surface area contributed by atoms with Crippen LogP contribution < -0.4 is 0 Å². The summed E-state index contributed by atoms with van der Waals surface area (Å²) in [6.45, 7) is 1.84. The molecule has 0 unspecified atom stereocenters. The van der Waals surface area contributed by atoms with Crippen LogP contribution in [0.2, 0.25) is 0 Å². The van der Waals surface area contributed by atoms with Gasteiger partial charge in [-0.2, -0.15) is 0 Å². The average Bonchev–Trinajstić information content (AvgIpc) is 2.68. The minimum atomic E-state index is -0.287. The molecule has 0 saturated heterocycles. The van der Waals surface area contributed by atoms with Gasteiger partial charge in [0.05, 0.1) is 4.90 Å². The molecule has 0 aromatic heterocycles. The predicted octanol–water partition coefficient (Wildman–Crippen LogP) is 3.42. The number of nitrogens with zero attached hydrogens (tertiary/aromatic N) is 1. The van der Waals surface area contributed by atoms with Gasteiger partial charge in [-0.25, -0.2) is 4.39 Å². The van der Waals surface area contributed by atoms with E-state index >= 15 is 0 Å². The third-order valence-electron chi connectivity index (χ3n) is 3.97. The summed E-state index contributed by atoms with van der Waals surface area (Å²) in [4.78, 5) is 3.75. The predicted molar refractivity (Wildman–Crippen MR) is 85.2 cm³/mol. The molecule has 0 aliphatic carbocycles. The van der Waals surface area contributed by atoms with Crippen molar-refractivity contribution in [3.05, 3.63) is 47.3 Å². The summed E-state index contributed by atoms with van der Waals surface area (Å²) in [7, 11) is 2.07. The lowest BCUT2D eigenvalue weighted by Gasteiger charge is -2.15. The van der Waals surface area contributed by atoms with Gasteiger partial charge in [-0.1, -0.05) is 11.8 Å². The highest BCUT2D eigenvalue weighted by atomic mass is 32.2. The summed E-state index contributed by atoms with van der Waals surface area (Å²) in [5, 5.41) is 20.3. The second-order valence-corrected chi connectivity index (χ2v) is 6.65. The Morgan fingerprint density at radius 1 is 1.09 bits per heavy atom. The molecule has 3 nitrogen and oxygen atoms in total. The van der Waals surface area contributed by atoms with E-state index in [1.54, 1.807) is 18.2 Å². The first kappa shape index (κ1) is 15.2. The van der Waals surface area contributed by atoms with Gasteiger partial charge in [-0.3, -0.25) is 0 Å². The van der Waals surface area contributed by atoms with E-state index in [-0.39, 0.29) is 17.3 Å². The van der Waals surface area contributed by atoms with Crippen LogP contribution in [0.1, 0.15) is 11.1 Å². The summed E-state index contributed by atoms with van der Waals surface area (Å²) < 4.78 is 13.0. The van der Waals surface area contributed by atoms with Crippen LogP contribution in [0.3, 0.4) is 0 Å². The zero-order chi connectivity index (χ0) is 15.7. The highest BCUT2D eigenvalue weighted by molar-refractivity contribution is 7.99. The minimum Gasteiger partial charge on any atom is -0.504 e. The van der Waals surface area contributed by atoms with E-state index in [0.717, 1.165) is 42.0 Å². The number of rotatable bonds is 2. The van der Waals surface area contributed by atoms with E-state index in [4.69, 9.17) is 0 Å². The lowest BCUT2D eigenvalue weighted by molar-refractivity contribution is 0.352. The molecule has 0 saturated carbocycles. The highest BCUT2D eigenvalue weighted by Crippen LogP contribution is 2.44. The van der Waals surface area contributed by atoms with E-state index in [9.17, 15) is 14.6 Å². The number of benzene rings is 2. The third-order valence-corrected chi connectivity index (χ3v) is 5.12. The van der Waals surface area contributed by atoms with Crippen LogP contribution in [0, 0.1) is 5.82 Å². The Morgan fingerprint density at radius 3 is 2.50 bits per heavy atom. The quantitative estimate of drug-likeness (QED) is 0.833. The molecule has 1 aliphatic heterocycles. The molecule has 0 radical (unpaired) electrons. The van der Waals surface area contributed by atoms with Crippen LogP contribution in [0.15, 0.2) is 40.1 Å². The summed E-state index contributed by atoms with van der Waals surface area (Å²) >= 11 is 1.37. The molecule has 0 atom stereocenters. The number of fused-ring (bicyclic) bond motifs is 1. The maximum atomic E-state index is 13.0. The Labute approximate surface area is 133 Å². The maximum absolute atomic E-state index is 13.0. The van der Waals surface area contributed by atoms with Crippen molar-refractivity contribution >= 4 is 11.8 Å². The lowest BCUT2D eigenvalue weighted by atomic mass is 10.0. The number of hydrogen-bond donors (Lipinski definition) is 2. The van der Waals surface area contributed by atoms with Crippen LogP contribution in [-0.2, 0) is 12.8 Å². The first-order chi connectivity index (χ1) is 10.5. The zero-order valence-corrected chi connectivity index (χ0v) is 13.2. The molecule has 116 valence electrons. The zero-order valence-electron chi connectivity index (χ0n) is 12.3. The fourth-order valence-electron chi connectivity index (χ4n) is 2.68. The van der Waals surface area contributed by atoms with Crippen molar-refractivity contribution in [1.82, 2.24) is 4.90 Å². The van der Waals surface area contributed by atoms with Crippen LogP contribution in [0.4, 0.5) is 4.39 Å². The van der Waals surface area contributed by atoms with Gasteiger partial charge in [0.2, 0.25) is 0 Å². The Bertz CT molecular complexity index is 688. The number of likely N-dealkylation sites (N-methyl/N-ethyl adjacent to an activating group) is 1. The van der Waals surface area contributed by atoms with E-state index < -0.39 is 0 Å². The molecule has 0 spiro atoms. The molecule has 0 amide bonds. The van der Waals surface area contributed by atoms with Crippen molar-refractivity contribution in [2.24, 2.45) is 0 Å².